The van der Waals surface area contributed by atoms with Crippen LogP contribution >= 0.6 is 0 Å². The Labute approximate surface area is 123 Å². The molecule has 3 N–H and O–H groups in total. The number of halogens is 1. The number of carbonyl (C=O) groups excluding carboxylic acids is 1. The number of anilines is 1. The number of benzene rings is 2. The molecule has 0 aliphatic rings. The first-order chi connectivity index (χ1) is 10.1. The molecule has 0 aromatic heterocycles. The van der Waals surface area contributed by atoms with Crippen molar-refractivity contribution in [1.29, 1.82) is 0 Å². The van der Waals surface area contributed by atoms with Crippen molar-refractivity contribution in [2.45, 2.75) is 6.92 Å². The van der Waals surface area contributed by atoms with Gasteiger partial charge in [-0.1, -0.05) is 30.0 Å². The van der Waals surface area contributed by atoms with Crippen molar-refractivity contribution in [1.82, 2.24) is 0 Å². The summed E-state index contributed by atoms with van der Waals surface area (Å²) in [6.45, 7) is 1.99. The van der Waals surface area contributed by atoms with Gasteiger partial charge in [0, 0.05) is 11.1 Å². The molecule has 0 bridgehead atoms. The summed E-state index contributed by atoms with van der Waals surface area (Å²) in [4.78, 5) is 12.2. The van der Waals surface area contributed by atoms with E-state index in [4.69, 9.17) is 5.73 Å². The van der Waals surface area contributed by atoms with Gasteiger partial charge >= 0.3 is 0 Å². The summed E-state index contributed by atoms with van der Waals surface area (Å²) in [7, 11) is 0. The van der Waals surface area contributed by atoms with Gasteiger partial charge in [-0.25, -0.2) is 4.39 Å². The topological polar surface area (TPSA) is 55.1 Å². The molecular formula is C17H15FN2O. The van der Waals surface area contributed by atoms with Gasteiger partial charge in [-0.3, -0.25) is 4.79 Å². The van der Waals surface area contributed by atoms with Crippen LogP contribution < -0.4 is 11.1 Å². The summed E-state index contributed by atoms with van der Waals surface area (Å²) in [6, 6.07) is 11.5. The number of nitrogens with one attached hydrogen (secondary N) is 1. The molecule has 2 rings (SSSR count). The van der Waals surface area contributed by atoms with E-state index in [-0.39, 0.29) is 18.1 Å². The van der Waals surface area contributed by atoms with Crippen LogP contribution in [0.1, 0.15) is 21.5 Å². The number of nitrogens with two attached hydrogens (primary N) is 1. The molecule has 0 aliphatic carbocycles. The van der Waals surface area contributed by atoms with Gasteiger partial charge < -0.3 is 11.1 Å². The molecule has 0 fully saturated rings. The van der Waals surface area contributed by atoms with Crippen LogP contribution in [0.15, 0.2) is 42.5 Å². The van der Waals surface area contributed by atoms with Gasteiger partial charge in [0.25, 0.3) is 5.91 Å². The minimum absolute atomic E-state index is 0.195. The van der Waals surface area contributed by atoms with Crippen LogP contribution in [0, 0.1) is 24.6 Å². The maximum Gasteiger partial charge on any atom is 0.255 e. The molecule has 0 radical (unpaired) electrons. The molecule has 0 unspecified atom stereocenters. The van der Waals surface area contributed by atoms with Crippen molar-refractivity contribution < 1.29 is 9.18 Å². The third kappa shape index (κ3) is 3.68. The number of hydrogen-bond donors (Lipinski definition) is 2. The second-order valence-electron chi connectivity index (χ2n) is 4.47. The maximum atomic E-state index is 13.7. The number of hydrogen-bond acceptors (Lipinski definition) is 2. The van der Waals surface area contributed by atoms with E-state index in [9.17, 15) is 9.18 Å². The van der Waals surface area contributed by atoms with Crippen molar-refractivity contribution in [3.8, 4) is 11.8 Å². The van der Waals surface area contributed by atoms with E-state index in [0.717, 1.165) is 0 Å². The van der Waals surface area contributed by atoms with Gasteiger partial charge in [0.05, 0.1) is 12.2 Å². The van der Waals surface area contributed by atoms with E-state index in [2.05, 4.69) is 17.2 Å². The fourth-order valence-electron chi connectivity index (χ4n) is 1.87. The highest BCUT2D eigenvalue weighted by molar-refractivity contribution is 6.04. The van der Waals surface area contributed by atoms with Gasteiger partial charge in [0.15, 0.2) is 0 Å². The third-order valence-corrected chi connectivity index (χ3v) is 2.92. The molecule has 21 heavy (non-hydrogen) atoms. The Morgan fingerprint density at radius 2 is 2.05 bits per heavy atom. The highest BCUT2D eigenvalue weighted by Crippen LogP contribution is 2.19. The lowest BCUT2D eigenvalue weighted by molar-refractivity contribution is 0.102. The Bertz CT molecular complexity index is 709. The highest BCUT2D eigenvalue weighted by atomic mass is 19.1. The smallest absolute Gasteiger partial charge is 0.255 e. The summed E-state index contributed by atoms with van der Waals surface area (Å²) in [5.41, 5.74) is 7.29. The molecule has 1 amide bonds. The second-order valence-corrected chi connectivity index (χ2v) is 4.47. The lowest BCUT2D eigenvalue weighted by Crippen LogP contribution is -2.14. The zero-order valence-corrected chi connectivity index (χ0v) is 11.6. The first-order valence-electron chi connectivity index (χ1n) is 6.47. The van der Waals surface area contributed by atoms with Crippen LogP contribution in [0.5, 0.6) is 0 Å². The molecule has 0 atom stereocenters. The number of aryl methyl sites for hydroxylation is 1. The number of rotatable bonds is 2. The van der Waals surface area contributed by atoms with Crippen LogP contribution in [0.2, 0.25) is 0 Å². The van der Waals surface area contributed by atoms with E-state index in [1.165, 1.54) is 6.07 Å². The molecule has 3 nitrogen and oxygen atoms in total. The highest BCUT2D eigenvalue weighted by Gasteiger charge is 2.11. The lowest BCUT2D eigenvalue weighted by atomic mass is 10.1. The van der Waals surface area contributed by atoms with Gasteiger partial charge in [-0.15, -0.1) is 0 Å². The summed E-state index contributed by atoms with van der Waals surface area (Å²) in [5, 5.41) is 2.59. The normalized spacial score (nSPS) is 9.67. The summed E-state index contributed by atoms with van der Waals surface area (Å²) in [5.74, 6) is 4.75. The maximum absolute atomic E-state index is 13.7. The van der Waals surface area contributed by atoms with Crippen molar-refractivity contribution >= 4 is 11.6 Å². The van der Waals surface area contributed by atoms with E-state index < -0.39 is 5.82 Å². The van der Waals surface area contributed by atoms with Gasteiger partial charge in [0.1, 0.15) is 5.82 Å². The largest absolute Gasteiger partial charge is 0.320 e. The number of amides is 1. The van der Waals surface area contributed by atoms with E-state index in [1.807, 2.05) is 0 Å². The fraction of sp³-hybridized carbons (Fsp3) is 0.118. The molecule has 0 aliphatic heterocycles. The van der Waals surface area contributed by atoms with Crippen molar-refractivity contribution in [2.24, 2.45) is 5.73 Å². The second kappa shape index (κ2) is 6.69. The van der Waals surface area contributed by atoms with Gasteiger partial charge in [-0.2, -0.15) is 0 Å². The molecule has 2 aromatic carbocycles. The molecule has 0 saturated heterocycles. The van der Waals surface area contributed by atoms with Gasteiger partial charge in [0.2, 0.25) is 0 Å². The Kier molecular flexibility index (Phi) is 4.70. The molecule has 0 saturated carbocycles. The van der Waals surface area contributed by atoms with E-state index >= 15 is 0 Å². The summed E-state index contributed by atoms with van der Waals surface area (Å²) in [6.07, 6.45) is 0. The first kappa shape index (κ1) is 14.8. The van der Waals surface area contributed by atoms with Crippen molar-refractivity contribution in [2.75, 3.05) is 11.9 Å². The Morgan fingerprint density at radius 3 is 2.76 bits per heavy atom. The van der Waals surface area contributed by atoms with Crippen LogP contribution in [0.25, 0.3) is 0 Å². The predicted octanol–water partition coefficient (Wildman–Crippen LogP) is 2.70. The molecular weight excluding hydrogens is 267 g/mol. The molecule has 106 valence electrons. The van der Waals surface area contributed by atoms with Crippen LogP contribution in [0.4, 0.5) is 10.1 Å². The standard InChI is InChI=1S/C17H15FN2O/c1-12-5-2-9-15(18)16(12)20-17(21)14-8-3-6-13(11-14)7-4-10-19/h2-3,5-6,8-9,11H,10,19H2,1H3,(H,20,21). The summed E-state index contributed by atoms with van der Waals surface area (Å²) < 4.78 is 13.7. The Hall–Kier alpha value is -2.64. The van der Waals surface area contributed by atoms with Crippen LogP contribution in [-0.2, 0) is 0 Å². The quantitative estimate of drug-likeness (QED) is 0.832. The zero-order chi connectivity index (χ0) is 15.2. The third-order valence-electron chi connectivity index (χ3n) is 2.92. The Morgan fingerprint density at radius 1 is 1.29 bits per heavy atom. The lowest BCUT2D eigenvalue weighted by Gasteiger charge is -2.09. The minimum atomic E-state index is -0.456. The van der Waals surface area contributed by atoms with E-state index in [0.29, 0.717) is 16.7 Å². The zero-order valence-electron chi connectivity index (χ0n) is 11.6. The average molecular weight is 282 g/mol. The summed E-state index contributed by atoms with van der Waals surface area (Å²) >= 11 is 0. The predicted molar refractivity (Wildman–Crippen MR) is 81.5 cm³/mol. The van der Waals surface area contributed by atoms with Crippen molar-refractivity contribution in [3.63, 3.8) is 0 Å². The van der Waals surface area contributed by atoms with Crippen LogP contribution in [0.3, 0.4) is 0 Å². The molecule has 2 aromatic rings. The van der Waals surface area contributed by atoms with E-state index in [1.54, 1.807) is 43.3 Å². The minimum Gasteiger partial charge on any atom is -0.320 e. The fourth-order valence-corrected chi connectivity index (χ4v) is 1.87. The number of para-hydroxylation sites is 1. The SMILES string of the molecule is Cc1cccc(F)c1NC(=O)c1cccc(C#CCN)c1. The Balaban J connectivity index is 2.25. The molecule has 4 heteroatoms. The molecule has 0 heterocycles. The molecule has 0 spiro atoms. The number of carbonyl (C=O) groups is 1. The monoisotopic (exact) mass is 282 g/mol. The van der Waals surface area contributed by atoms with Crippen LogP contribution in [-0.4, -0.2) is 12.5 Å². The van der Waals surface area contributed by atoms with Crippen molar-refractivity contribution in [3.05, 3.63) is 65.0 Å². The van der Waals surface area contributed by atoms with Gasteiger partial charge in [-0.05, 0) is 36.8 Å². The average Bonchev–Trinajstić information content (AvgIpc) is 2.49. The first-order valence-corrected chi connectivity index (χ1v) is 6.47.